The Balaban J connectivity index is 1.79. The van der Waals surface area contributed by atoms with E-state index in [9.17, 15) is 22.0 Å². The molecule has 2 aromatic rings. The van der Waals surface area contributed by atoms with Crippen molar-refractivity contribution in [3.8, 4) is 0 Å². The summed E-state index contributed by atoms with van der Waals surface area (Å²) in [6.07, 6.45) is 1.46. The van der Waals surface area contributed by atoms with Gasteiger partial charge in [-0.2, -0.15) is 4.31 Å². The highest BCUT2D eigenvalue weighted by Gasteiger charge is 2.31. The summed E-state index contributed by atoms with van der Waals surface area (Å²) < 4.78 is 54.9. The highest BCUT2D eigenvalue weighted by atomic mass is 32.2. The predicted molar refractivity (Wildman–Crippen MR) is 106 cm³/mol. The molecule has 0 radical (unpaired) electrons. The maximum atomic E-state index is 14.2. The molecule has 0 aliphatic carbocycles. The van der Waals surface area contributed by atoms with Crippen LogP contribution in [0.4, 0.5) is 8.78 Å². The summed E-state index contributed by atoms with van der Waals surface area (Å²) in [6, 6.07) is 9.61. The van der Waals surface area contributed by atoms with Crippen molar-refractivity contribution in [3.05, 3.63) is 65.2 Å². The molecule has 0 aromatic heterocycles. The second-order valence-corrected chi connectivity index (χ2v) is 9.71. The number of hydrogen-bond donors (Lipinski definition) is 1. The lowest BCUT2D eigenvalue weighted by Gasteiger charge is -2.26. The van der Waals surface area contributed by atoms with Gasteiger partial charge in [-0.3, -0.25) is 4.79 Å². The highest BCUT2D eigenvalue weighted by molar-refractivity contribution is 7.89. The Kier molecular flexibility index (Phi) is 6.05. The summed E-state index contributed by atoms with van der Waals surface area (Å²) >= 11 is 0. The summed E-state index contributed by atoms with van der Waals surface area (Å²) in [5.74, 6) is -1.81. The zero-order valence-corrected chi connectivity index (χ0v) is 17.2. The molecule has 0 saturated carbocycles. The van der Waals surface area contributed by atoms with Crippen LogP contribution in [0, 0.1) is 11.6 Å². The largest absolute Gasteiger partial charge is 0.351 e. The van der Waals surface area contributed by atoms with Crippen molar-refractivity contribution in [1.29, 1.82) is 0 Å². The van der Waals surface area contributed by atoms with Gasteiger partial charge in [-0.15, -0.1) is 0 Å². The fourth-order valence-corrected chi connectivity index (χ4v) is 5.03. The van der Waals surface area contributed by atoms with Crippen LogP contribution in [0.25, 0.3) is 0 Å². The Bertz CT molecular complexity index is 1020. The minimum Gasteiger partial charge on any atom is -0.351 e. The van der Waals surface area contributed by atoms with Crippen LogP contribution in [-0.4, -0.2) is 38.3 Å². The van der Waals surface area contributed by atoms with Crippen molar-refractivity contribution in [1.82, 2.24) is 9.62 Å². The smallest absolute Gasteiger partial charge is 0.251 e. The van der Waals surface area contributed by atoms with E-state index in [0.717, 1.165) is 25.0 Å². The van der Waals surface area contributed by atoms with Crippen molar-refractivity contribution in [3.63, 3.8) is 0 Å². The van der Waals surface area contributed by atoms with E-state index in [1.165, 1.54) is 16.4 Å². The predicted octanol–water partition coefficient (Wildman–Crippen LogP) is 3.46. The molecule has 0 unspecified atom stereocenters. The number of rotatable bonds is 6. The second kappa shape index (κ2) is 8.20. The Hall–Kier alpha value is -2.32. The fraction of sp³-hybridized carbons (Fsp3) is 0.381. The molecule has 1 aliphatic rings. The summed E-state index contributed by atoms with van der Waals surface area (Å²) in [4.78, 5) is 12.1. The third-order valence-corrected chi connectivity index (χ3v) is 7.08. The molecule has 1 amide bonds. The lowest BCUT2D eigenvalue weighted by molar-refractivity contribution is 0.0945. The van der Waals surface area contributed by atoms with E-state index >= 15 is 0 Å². The van der Waals surface area contributed by atoms with Gasteiger partial charge < -0.3 is 5.32 Å². The molecule has 8 heteroatoms. The number of carbonyl (C=O) groups excluding carboxylic acids is 1. The van der Waals surface area contributed by atoms with Crippen molar-refractivity contribution < 1.29 is 22.0 Å². The first-order valence-electron chi connectivity index (χ1n) is 9.46. The molecule has 1 saturated heterocycles. The molecule has 2 aromatic carbocycles. The topological polar surface area (TPSA) is 66.5 Å². The van der Waals surface area contributed by atoms with Gasteiger partial charge in [0.25, 0.3) is 5.91 Å². The van der Waals surface area contributed by atoms with Crippen LogP contribution < -0.4 is 5.32 Å². The molecular weight excluding hydrogens is 398 g/mol. The molecule has 1 N–H and O–H groups in total. The molecule has 156 valence electrons. The molecular formula is C21H24F2N2O3S. The highest BCUT2D eigenvalue weighted by Crippen LogP contribution is 2.26. The molecule has 0 bridgehead atoms. The molecule has 1 aliphatic heterocycles. The van der Waals surface area contributed by atoms with E-state index in [0.29, 0.717) is 18.7 Å². The minimum absolute atomic E-state index is 0.0357. The van der Waals surface area contributed by atoms with Crippen molar-refractivity contribution in [2.75, 3.05) is 19.6 Å². The SMILES string of the molecule is CC(C)(CNC(=O)c1ccc(F)c(S(=O)(=O)N2CCCC2)c1)c1ccccc1F. The van der Waals surface area contributed by atoms with Gasteiger partial charge in [0.1, 0.15) is 16.5 Å². The van der Waals surface area contributed by atoms with Gasteiger partial charge in [0.05, 0.1) is 0 Å². The van der Waals surface area contributed by atoms with E-state index in [-0.39, 0.29) is 17.9 Å². The summed E-state index contributed by atoms with van der Waals surface area (Å²) in [5, 5.41) is 2.70. The third kappa shape index (κ3) is 4.48. The van der Waals surface area contributed by atoms with Crippen LogP contribution in [-0.2, 0) is 15.4 Å². The number of halogens is 2. The van der Waals surface area contributed by atoms with Gasteiger partial charge in [-0.05, 0) is 42.7 Å². The average Bonchev–Trinajstić information content (AvgIpc) is 3.22. The number of benzene rings is 2. The lowest BCUT2D eigenvalue weighted by atomic mass is 9.84. The van der Waals surface area contributed by atoms with E-state index < -0.39 is 32.1 Å². The summed E-state index contributed by atoms with van der Waals surface area (Å²) in [6.45, 7) is 4.39. The van der Waals surface area contributed by atoms with Crippen molar-refractivity contribution in [2.24, 2.45) is 0 Å². The van der Waals surface area contributed by atoms with Crippen LogP contribution in [0.1, 0.15) is 42.6 Å². The van der Waals surface area contributed by atoms with Gasteiger partial charge >= 0.3 is 0 Å². The van der Waals surface area contributed by atoms with E-state index in [1.807, 2.05) is 0 Å². The first-order valence-corrected chi connectivity index (χ1v) is 10.9. The zero-order chi connectivity index (χ0) is 21.2. The van der Waals surface area contributed by atoms with Crippen molar-refractivity contribution >= 4 is 15.9 Å². The molecule has 3 rings (SSSR count). The van der Waals surface area contributed by atoms with Gasteiger partial charge in [-0.25, -0.2) is 17.2 Å². The Morgan fingerprint density at radius 2 is 1.72 bits per heavy atom. The summed E-state index contributed by atoms with van der Waals surface area (Å²) in [7, 11) is -3.99. The van der Waals surface area contributed by atoms with E-state index in [2.05, 4.69) is 5.32 Å². The Labute approximate surface area is 169 Å². The Morgan fingerprint density at radius 3 is 2.38 bits per heavy atom. The van der Waals surface area contributed by atoms with Gasteiger partial charge in [0.15, 0.2) is 0 Å². The number of nitrogens with zero attached hydrogens (tertiary/aromatic N) is 1. The molecule has 0 spiro atoms. The van der Waals surface area contributed by atoms with Crippen LogP contribution >= 0.6 is 0 Å². The van der Waals surface area contributed by atoms with Gasteiger partial charge in [-0.1, -0.05) is 32.0 Å². The van der Waals surface area contributed by atoms with Crippen LogP contribution in [0.3, 0.4) is 0 Å². The van der Waals surface area contributed by atoms with Crippen LogP contribution in [0.5, 0.6) is 0 Å². The van der Waals surface area contributed by atoms with Gasteiger partial charge in [0, 0.05) is 30.6 Å². The van der Waals surface area contributed by atoms with E-state index in [1.54, 1.807) is 32.0 Å². The number of sulfonamides is 1. The van der Waals surface area contributed by atoms with Crippen LogP contribution in [0.15, 0.2) is 47.4 Å². The summed E-state index contributed by atoms with van der Waals surface area (Å²) in [5.41, 5.74) is -0.198. The first-order chi connectivity index (χ1) is 13.6. The number of carbonyl (C=O) groups is 1. The Morgan fingerprint density at radius 1 is 1.07 bits per heavy atom. The average molecular weight is 422 g/mol. The maximum Gasteiger partial charge on any atom is 0.251 e. The molecule has 29 heavy (non-hydrogen) atoms. The fourth-order valence-electron chi connectivity index (χ4n) is 3.42. The van der Waals surface area contributed by atoms with E-state index in [4.69, 9.17) is 0 Å². The number of amides is 1. The molecule has 1 fully saturated rings. The third-order valence-electron chi connectivity index (χ3n) is 5.17. The molecule has 1 heterocycles. The minimum atomic E-state index is -3.99. The zero-order valence-electron chi connectivity index (χ0n) is 16.4. The normalized spacial score (nSPS) is 15.4. The first kappa shape index (κ1) is 21.4. The number of hydrogen-bond acceptors (Lipinski definition) is 3. The second-order valence-electron chi connectivity index (χ2n) is 7.80. The van der Waals surface area contributed by atoms with Gasteiger partial charge in [0.2, 0.25) is 10.0 Å². The van der Waals surface area contributed by atoms with Crippen molar-refractivity contribution in [2.45, 2.75) is 37.0 Å². The standard InChI is InChI=1S/C21H24F2N2O3S/c1-21(2,16-7-3-4-8-17(16)22)14-24-20(26)15-9-10-18(23)19(13-15)29(27,28)25-11-5-6-12-25/h3-4,7-10,13H,5-6,11-12,14H2,1-2H3,(H,24,26). The number of nitrogens with one attached hydrogen (secondary N) is 1. The monoisotopic (exact) mass is 422 g/mol. The lowest BCUT2D eigenvalue weighted by Crippen LogP contribution is -2.37. The molecule has 5 nitrogen and oxygen atoms in total. The van der Waals surface area contributed by atoms with Crippen LogP contribution in [0.2, 0.25) is 0 Å². The quantitative estimate of drug-likeness (QED) is 0.775. The molecule has 0 atom stereocenters. The maximum absolute atomic E-state index is 14.2.